The monoisotopic (exact) mass is 334 g/mol. The molecule has 6 nitrogen and oxygen atoms in total. The van der Waals surface area contributed by atoms with Gasteiger partial charge in [0.05, 0.1) is 25.3 Å². The summed E-state index contributed by atoms with van der Waals surface area (Å²) in [7, 11) is 0. The number of aliphatic hydroxyl groups excluding tert-OH is 1. The highest BCUT2D eigenvalue weighted by atomic mass is 16.7. The van der Waals surface area contributed by atoms with Gasteiger partial charge in [-0.15, -0.1) is 0 Å². The van der Waals surface area contributed by atoms with E-state index in [1.165, 1.54) is 0 Å². The fourth-order valence-corrected chi connectivity index (χ4v) is 3.39. The van der Waals surface area contributed by atoms with Crippen LogP contribution in [0.5, 0.6) is 0 Å². The number of hydroxylamine groups is 2. The molecule has 2 heterocycles. The van der Waals surface area contributed by atoms with E-state index in [1.54, 1.807) is 4.90 Å². The molecule has 1 amide bonds. The van der Waals surface area contributed by atoms with Crippen molar-refractivity contribution < 1.29 is 19.5 Å². The van der Waals surface area contributed by atoms with Gasteiger partial charge in [-0.1, -0.05) is 30.3 Å². The van der Waals surface area contributed by atoms with E-state index in [4.69, 9.17) is 9.57 Å². The number of carbonyl (C=O) groups is 1. The van der Waals surface area contributed by atoms with Crippen molar-refractivity contribution in [1.82, 2.24) is 9.96 Å². The molecule has 1 N–H and O–H groups in total. The standard InChI is InChI=1S/C18H26N2O4/c1-18(2,3)24-17(22)19-9-14-12-23-20(15(14)10-19)16(11-21)13-7-5-4-6-8-13/h4-8,14-16,21H,9-12H2,1-3H3/t14-,15-,16-/m0/s1. The Labute approximate surface area is 142 Å². The third-order valence-electron chi connectivity index (χ3n) is 4.49. The molecule has 24 heavy (non-hydrogen) atoms. The second-order valence-corrected chi connectivity index (χ2v) is 7.48. The van der Waals surface area contributed by atoms with E-state index in [1.807, 2.05) is 56.2 Å². The highest BCUT2D eigenvalue weighted by molar-refractivity contribution is 5.68. The molecule has 2 aliphatic heterocycles. The summed E-state index contributed by atoms with van der Waals surface area (Å²) in [5, 5.41) is 11.7. The van der Waals surface area contributed by atoms with Gasteiger partial charge in [-0.05, 0) is 26.3 Å². The van der Waals surface area contributed by atoms with Crippen LogP contribution in [0.1, 0.15) is 32.4 Å². The zero-order valence-electron chi connectivity index (χ0n) is 14.5. The molecule has 3 rings (SSSR count). The zero-order valence-corrected chi connectivity index (χ0v) is 14.5. The van der Waals surface area contributed by atoms with Crippen LogP contribution >= 0.6 is 0 Å². The first-order valence-electron chi connectivity index (χ1n) is 8.44. The topological polar surface area (TPSA) is 62.2 Å². The summed E-state index contributed by atoms with van der Waals surface area (Å²) in [6.07, 6.45) is -0.280. The van der Waals surface area contributed by atoms with Gasteiger partial charge in [-0.2, -0.15) is 5.06 Å². The molecular formula is C18H26N2O4. The van der Waals surface area contributed by atoms with E-state index < -0.39 is 5.60 Å². The van der Waals surface area contributed by atoms with Crippen molar-refractivity contribution in [2.75, 3.05) is 26.3 Å². The number of likely N-dealkylation sites (tertiary alicyclic amines) is 1. The Hall–Kier alpha value is -1.63. The number of hydrogen-bond donors (Lipinski definition) is 1. The fraction of sp³-hybridized carbons (Fsp3) is 0.611. The third kappa shape index (κ3) is 3.55. The highest BCUT2D eigenvalue weighted by Crippen LogP contribution is 2.36. The summed E-state index contributed by atoms with van der Waals surface area (Å²) in [6, 6.07) is 9.68. The van der Waals surface area contributed by atoms with E-state index in [2.05, 4.69) is 0 Å². The molecule has 0 spiro atoms. The Bertz CT molecular complexity index is 572. The fourth-order valence-electron chi connectivity index (χ4n) is 3.39. The van der Waals surface area contributed by atoms with Crippen molar-refractivity contribution in [3.63, 3.8) is 0 Å². The lowest BCUT2D eigenvalue weighted by atomic mass is 10.0. The first-order valence-corrected chi connectivity index (χ1v) is 8.44. The Morgan fingerprint density at radius 1 is 1.33 bits per heavy atom. The van der Waals surface area contributed by atoms with Gasteiger partial charge in [-0.3, -0.25) is 4.84 Å². The maximum Gasteiger partial charge on any atom is 0.410 e. The lowest BCUT2D eigenvalue weighted by molar-refractivity contribution is -0.174. The Balaban J connectivity index is 1.70. The molecule has 0 unspecified atom stereocenters. The SMILES string of the molecule is CC(C)(C)OC(=O)N1C[C@H]2CON([C@@H](CO)c3ccccc3)[C@H]2C1. The maximum absolute atomic E-state index is 12.3. The molecule has 3 atom stereocenters. The number of fused-ring (bicyclic) bond motifs is 1. The number of ether oxygens (including phenoxy) is 1. The van der Waals surface area contributed by atoms with Gasteiger partial charge in [-0.25, -0.2) is 4.79 Å². The molecule has 0 aromatic heterocycles. The van der Waals surface area contributed by atoms with E-state index >= 15 is 0 Å². The van der Waals surface area contributed by atoms with Crippen molar-refractivity contribution in [3.05, 3.63) is 35.9 Å². The number of nitrogens with zero attached hydrogens (tertiary/aromatic N) is 2. The average molecular weight is 334 g/mol. The molecular weight excluding hydrogens is 308 g/mol. The summed E-state index contributed by atoms with van der Waals surface area (Å²) >= 11 is 0. The van der Waals surface area contributed by atoms with E-state index in [0.29, 0.717) is 19.7 Å². The molecule has 2 saturated heterocycles. The summed E-state index contributed by atoms with van der Waals surface area (Å²) < 4.78 is 5.47. The van der Waals surface area contributed by atoms with Gasteiger partial charge in [0.2, 0.25) is 0 Å². The highest BCUT2D eigenvalue weighted by Gasteiger charge is 2.47. The molecule has 1 aromatic rings. The number of amides is 1. The first-order chi connectivity index (χ1) is 11.4. The van der Waals surface area contributed by atoms with Crippen LogP contribution in [-0.2, 0) is 9.57 Å². The summed E-state index contributed by atoms with van der Waals surface area (Å²) in [6.45, 7) is 7.33. The van der Waals surface area contributed by atoms with Crippen LogP contribution in [0.2, 0.25) is 0 Å². The van der Waals surface area contributed by atoms with Crippen molar-refractivity contribution >= 4 is 6.09 Å². The molecule has 132 valence electrons. The Morgan fingerprint density at radius 3 is 2.67 bits per heavy atom. The van der Waals surface area contributed by atoms with Gasteiger partial charge >= 0.3 is 6.09 Å². The third-order valence-corrected chi connectivity index (χ3v) is 4.49. The molecule has 6 heteroatoms. The van der Waals surface area contributed by atoms with Crippen molar-refractivity contribution in [2.45, 2.75) is 38.5 Å². The van der Waals surface area contributed by atoms with Crippen LogP contribution in [0, 0.1) is 5.92 Å². The lowest BCUT2D eigenvalue weighted by Crippen LogP contribution is -2.41. The second kappa shape index (κ2) is 6.70. The van der Waals surface area contributed by atoms with Gasteiger partial charge in [0, 0.05) is 19.0 Å². The van der Waals surface area contributed by atoms with Gasteiger partial charge in [0.15, 0.2) is 0 Å². The van der Waals surface area contributed by atoms with Gasteiger partial charge in [0.25, 0.3) is 0 Å². The van der Waals surface area contributed by atoms with Gasteiger partial charge in [0.1, 0.15) is 5.60 Å². The van der Waals surface area contributed by atoms with Crippen LogP contribution in [0.15, 0.2) is 30.3 Å². The van der Waals surface area contributed by atoms with Gasteiger partial charge < -0.3 is 14.7 Å². The molecule has 2 fully saturated rings. The molecule has 0 aliphatic carbocycles. The lowest BCUT2D eigenvalue weighted by Gasteiger charge is -2.30. The molecule has 0 saturated carbocycles. The van der Waals surface area contributed by atoms with E-state index in [9.17, 15) is 9.90 Å². The van der Waals surface area contributed by atoms with Crippen LogP contribution in [0.4, 0.5) is 4.79 Å². The number of aliphatic hydroxyl groups is 1. The van der Waals surface area contributed by atoms with E-state index in [0.717, 1.165) is 5.56 Å². The van der Waals surface area contributed by atoms with Crippen molar-refractivity contribution in [2.24, 2.45) is 5.92 Å². The maximum atomic E-state index is 12.3. The minimum Gasteiger partial charge on any atom is -0.444 e. The number of carbonyl (C=O) groups excluding carboxylic acids is 1. The smallest absolute Gasteiger partial charge is 0.410 e. The van der Waals surface area contributed by atoms with Crippen LogP contribution in [0.25, 0.3) is 0 Å². The number of benzene rings is 1. The van der Waals surface area contributed by atoms with Crippen LogP contribution in [-0.4, -0.2) is 59.1 Å². The molecule has 1 aromatic carbocycles. The first kappa shape index (κ1) is 17.2. The van der Waals surface area contributed by atoms with Crippen molar-refractivity contribution in [1.29, 1.82) is 0 Å². The summed E-state index contributed by atoms with van der Waals surface area (Å²) in [5.74, 6) is 0.246. The predicted molar refractivity (Wildman–Crippen MR) is 89.1 cm³/mol. The summed E-state index contributed by atoms with van der Waals surface area (Å²) in [4.78, 5) is 19.9. The normalized spacial score (nSPS) is 25.6. The second-order valence-electron chi connectivity index (χ2n) is 7.48. The minimum atomic E-state index is -0.497. The van der Waals surface area contributed by atoms with E-state index in [-0.39, 0.29) is 30.7 Å². The molecule has 0 radical (unpaired) electrons. The largest absolute Gasteiger partial charge is 0.444 e. The molecule has 0 bridgehead atoms. The minimum absolute atomic E-state index is 0.0281. The number of rotatable bonds is 3. The summed E-state index contributed by atoms with van der Waals surface area (Å²) in [5.41, 5.74) is 0.513. The van der Waals surface area contributed by atoms with Crippen LogP contribution < -0.4 is 0 Å². The Morgan fingerprint density at radius 2 is 2.04 bits per heavy atom. The van der Waals surface area contributed by atoms with Crippen molar-refractivity contribution in [3.8, 4) is 0 Å². The average Bonchev–Trinajstić information content (AvgIpc) is 3.09. The quantitative estimate of drug-likeness (QED) is 0.918. The van der Waals surface area contributed by atoms with Crippen LogP contribution in [0.3, 0.4) is 0 Å². The Kier molecular flexibility index (Phi) is 4.80. The zero-order chi connectivity index (χ0) is 17.3. The number of hydrogen-bond acceptors (Lipinski definition) is 5. The predicted octanol–water partition coefficient (Wildman–Crippen LogP) is 2.20. The molecule has 2 aliphatic rings.